The van der Waals surface area contributed by atoms with E-state index >= 15 is 0 Å². The van der Waals surface area contributed by atoms with Crippen molar-refractivity contribution in [1.82, 2.24) is 4.98 Å². The van der Waals surface area contributed by atoms with Gasteiger partial charge in [0.05, 0.1) is 12.2 Å². The molecular formula is C15H15NO3. The molecule has 1 heterocycles. The Hall–Kier alpha value is -2.20. The van der Waals surface area contributed by atoms with E-state index in [2.05, 4.69) is 4.98 Å². The predicted molar refractivity (Wildman–Crippen MR) is 71.5 cm³/mol. The van der Waals surface area contributed by atoms with E-state index in [1.54, 1.807) is 49.7 Å². The SMILES string of the molecule is COCCOc1ccccc1C(=O)c1ccccn1. The molecule has 0 N–H and O–H groups in total. The molecule has 2 aromatic rings. The molecule has 0 fully saturated rings. The van der Waals surface area contributed by atoms with Gasteiger partial charge in [0.25, 0.3) is 0 Å². The Kier molecular flexibility index (Phi) is 4.64. The van der Waals surface area contributed by atoms with Gasteiger partial charge in [0.15, 0.2) is 0 Å². The van der Waals surface area contributed by atoms with Gasteiger partial charge in [-0.05, 0) is 24.3 Å². The predicted octanol–water partition coefficient (Wildman–Crippen LogP) is 2.34. The summed E-state index contributed by atoms with van der Waals surface area (Å²) in [6, 6.07) is 12.4. The number of carbonyl (C=O) groups excluding carboxylic acids is 1. The van der Waals surface area contributed by atoms with Crippen LogP contribution in [0.25, 0.3) is 0 Å². The topological polar surface area (TPSA) is 48.4 Å². The summed E-state index contributed by atoms with van der Waals surface area (Å²) in [4.78, 5) is 16.4. The molecule has 0 spiro atoms. The van der Waals surface area contributed by atoms with Crippen molar-refractivity contribution >= 4 is 5.78 Å². The molecule has 1 aromatic carbocycles. The molecule has 1 aromatic heterocycles. The summed E-state index contributed by atoms with van der Waals surface area (Å²) in [5, 5.41) is 0. The van der Waals surface area contributed by atoms with Crippen LogP contribution in [0.15, 0.2) is 48.7 Å². The van der Waals surface area contributed by atoms with Crippen LogP contribution in [-0.4, -0.2) is 31.1 Å². The van der Waals surface area contributed by atoms with Gasteiger partial charge >= 0.3 is 0 Å². The summed E-state index contributed by atoms with van der Waals surface area (Å²) < 4.78 is 10.5. The summed E-state index contributed by atoms with van der Waals surface area (Å²) in [6.45, 7) is 0.884. The number of ether oxygens (including phenoxy) is 2. The van der Waals surface area contributed by atoms with E-state index in [4.69, 9.17) is 9.47 Å². The minimum absolute atomic E-state index is 0.145. The van der Waals surface area contributed by atoms with Gasteiger partial charge < -0.3 is 9.47 Å². The maximum absolute atomic E-state index is 12.3. The van der Waals surface area contributed by atoms with Crippen molar-refractivity contribution in [3.05, 3.63) is 59.9 Å². The van der Waals surface area contributed by atoms with E-state index < -0.39 is 0 Å². The normalized spacial score (nSPS) is 10.2. The number of methoxy groups -OCH3 is 1. The largest absolute Gasteiger partial charge is 0.490 e. The Bertz CT molecular complexity index is 540. The van der Waals surface area contributed by atoms with Crippen LogP contribution in [0.5, 0.6) is 5.75 Å². The number of carbonyl (C=O) groups is 1. The van der Waals surface area contributed by atoms with Gasteiger partial charge in [-0.1, -0.05) is 18.2 Å². The summed E-state index contributed by atoms with van der Waals surface area (Å²) in [5.41, 5.74) is 0.919. The average Bonchev–Trinajstić information content (AvgIpc) is 2.48. The second kappa shape index (κ2) is 6.66. The molecular weight excluding hydrogens is 242 g/mol. The number of ketones is 1. The number of hydrogen-bond acceptors (Lipinski definition) is 4. The van der Waals surface area contributed by atoms with E-state index in [9.17, 15) is 4.79 Å². The molecule has 0 saturated carbocycles. The van der Waals surface area contributed by atoms with Gasteiger partial charge in [-0.15, -0.1) is 0 Å². The zero-order valence-corrected chi connectivity index (χ0v) is 10.7. The highest BCUT2D eigenvalue weighted by Crippen LogP contribution is 2.20. The van der Waals surface area contributed by atoms with Crippen LogP contribution < -0.4 is 4.74 Å². The molecule has 0 amide bonds. The maximum Gasteiger partial charge on any atom is 0.215 e. The van der Waals surface area contributed by atoms with Gasteiger partial charge in [-0.3, -0.25) is 9.78 Å². The second-order valence-corrected chi connectivity index (χ2v) is 3.88. The number of nitrogens with zero attached hydrogens (tertiary/aromatic N) is 1. The van der Waals surface area contributed by atoms with E-state index in [1.165, 1.54) is 0 Å². The maximum atomic E-state index is 12.3. The molecule has 0 aliphatic carbocycles. The Morgan fingerprint density at radius 1 is 1.11 bits per heavy atom. The third-order valence-electron chi connectivity index (χ3n) is 2.57. The molecule has 0 unspecified atom stereocenters. The first-order valence-corrected chi connectivity index (χ1v) is 5.99. The van der Waals surface area contributed by atoms with Crippen LogP contribution in [0.3, 0.4) is 0 Å². The lowest BCUT2D eigenvalue weighted by atomic mass is 10.1. The lowest BCUT2D eigenvalue weighted by molar-refractivity contribution is 0.102. The zero-order valence-electron chi connectivity index (χ0n) is 10.7. The van der Waals surface area contributed by atoms with Crippen LogP contribution >= 0.6 is 0 Å². The molecule has 2 rings (SSSR count). The van der Waals surface area contributed by atoms with E-state index in [0.29, 0.717) is 30.2 Å². The third kappa shape index (κ3) is 3.39. The highest BCUT2D eigenvalue weighted by atomic mass is 16.5. The number of rotatable bonds is 6. The van der Waals surface area contributed by atoms with E-state index in [1.807, 2.05) is 6.07 Å². The molecule has 0 atom stereocenters. The quantitative estimate of drug-likeness (QED) is 0.588. The average molecular weight is 257 g/mol. The molecule has 0 radical (unpaired) electrons. The molecule has 4 nitrogen and oxygen atoms in total. The van der Waals surface area contributed by atoms with Crippen molar-refractivity contribution in [2.24, 2.45) is 0 Å². The molecule has 0 aliphatic heterocycles. The van der Waals surface area contributed by atoms with Crippen molar-refractivity contribution in [2.45, 2.75) is 0 Å². The van der Waals surface area contributed by atoms with Gasteiger partial charge in [-0.25, -0.2) is 0 Å². The summed E-state index contributed by atoms with van der Waals surface area (Å²) in [6.07, 6.45) is 1.60. The van der Waals surface area contributed by atoms with Crippen molar-refractivity contribution in [1.29, 1.82) is 0 Å². The number of benzene rings is 1. The van der Waals surface area contributed by atoms with Crippen LogP contribution in [0.4, 0.5) is 0 Å². The fourth-order valence-corrected chi connectivity index (χ4v) is 1.65. The highest BCUT2D eigenvalue weighted by Gasteiger charge is 2.14. The lowest BCUT2D eigenvalue weighted by Gasteiger charge is -2.09. The summed E-state index contributed by atoms with van der Waals surface area (Å²) in [5.74, 6) is 0.406. The molecule has 0 saturated heterocycles. The van der Waals surface area contributed by atoms with Crippen molar-refractivity contribution in [2.75, 3.05) is 20.3 Å². The zero-order chi connectivity index (χ0) is 13.5. The van der Waals surface area contributed by atoms with Crippen LogP contribution in [0, 0.1) is 0 Å². The Morgan fingerprint density at radius 3 is 2.63 bits per heavy atom. The lowest BCUT2D eigenvalue weighted by Crippen LogP contribution is -2.10. The summed E-state index contributed by atoms with van der Waals surface area (Å²) in [7, 11) is 1.61. The standard InChI is InChI=1S/C15H15NO3/c1-18-10-11-19-14-8-3-2-6-12(14)15(17)13-7-4-5-9-16-13/h2-9H,10-11H2,1H3. The molecule has 19 heavy (non-hydrogen) atoms. The number of aromatic nitrogens is 1. The minimum Gasteiger partial charge on any atom is -0.490 e. The van der Waals surface area contributed by atoms with Gasteiger partial charge in [-0.2, -0.15) is 0 Å². The van der Waals surface area contributed by atoms with Gasteiger partial charge in [0.1, 0.15) is 18.1 Å². The fraction of sp³-hybridized carbons (Fsp3) is 0.200. The third-order valence-corrected chi connectivity index (χ3v) is 2.57. The van der Waals surface area contributed by atoms with Crippen molar-refractivity contribution < 1.29 is 14.3 Å². The van der Waals surface area contributed by atoms with E-state index in [0.717, 1.165) is 0 Å². The van der Waals surface area contributed by atoms with Crippen molar-refractivity contribution in [3.63, 3.8) is 0 Å². The molecule has 0 aliphatic rings. The van der Waals surface area contributed by atoms with Gasteiger partial charge in [0, 0.05) is 13.3 Å². The first kappa shape index (κ1) is 13.2. The first-order valence-electron chi connectivity index (χ1n) is 5.99. The second-order valence-electron chi connectivity index (χ2n) is 3.88. The monoisotopic (exact) mass is 257 g/mol. The smallest absolute Gasteiger partial charge is 0.215 e. The minimum atomic E-state index is -0.145. The Morgan fingerprint density at radius 2 is 1.89 bits per heavy atom. The van der Waals surface area contributed by atoms with Crippen molar-refractivity contribution in [3.8, 4) is 5.75 Å². The Labute approximate surface area is 112 Å². The molecule has 98 valence electrons. The van der Waals surface area contributed by atoms with Gasteiger partial charge in [0.2, 0.25) is 5.78 Å². The number of pyridine rings is 1. The molecule has 0 bridgehead atoms. The Balaban J connectivity index is 2.22. The van der Waals surface area contributed by atoms with Crippen LogP contribution in [0.1, 0.15) is 16.1 Å². The fourth-order valence-electron chi connectivity index (χ4n) is 1.65. The highest BCUT2D eigenvalue weighted by molar-refractivity contribution is 6.09. The van der Waals surface area contributed by atoms with Crippen LogP contribution in [0.2, 0.25) is 0 Å². The summed E-state index contributed by atoms with van der Waals surface area (Å²) >= 11 is 0. The number of para-hydroxylation sites is 1. The number of hydrogen-bond donors (Lipinski definition) is 0. The molecule has 4 heteroatoms. The first-order chi connectivity index (χ1) is 9.33. The van der Waals surface area contributed by atoms with E-state index in [-0.39, 0.29) is 5.78 Å². The van der Waals surface area contributed by atoms with Crippen LogP contribution in [-0.2, 0) is 4.74 Å².